The molecule has 0 radical (unpaired) electrons. The highest BCUT2D eigenvalue weighted by Gasteiger charge is 2.10. The monoisotopic (exact) mass is 385 g/mol. The lowest BCUT2D eigenvalue weighted by molar-refractivity contribution is 0.578. The molecule has 1 aromatic heterocycles. The minimum atomic E-state index is 0.461. The number of aryl methyl sites for hydroxylation is 1. The number of rotatable bonds is 4. The number of benzene rings is 1. The van der Waals surface area contributed by atoms with Gasteiger partial charge in [-0.3, -0.25) is 0 Å². The van der Waals surface area contributed by atoms with Crippen molar-refractivity contribution in [2.45, 2.75) is 33.4 Å². The lowest BCUT2D eigenvalue weighted by atomic mass is 10.2. The van der Waals surface area contributed by atoms with E-state index < -0.39 is 0 Å². The highest BCUT2D eigenvalue weighted by molar-refractivity contribution is 9.11. The summed E-state index contributed by atoms with van der Waals surface area (Å²) < 4.78 is 3.96. The first-order valence-corrected chi connectivity index (χ1v) is 7.80. The summed E-state index contributed by atoms with van der Waals surface area (Å²) in [6, 6.07) is 6.68. The number of nitrogens with one attached hydrogen (secondary N) is 1. The summed E-state index contributed by atoms with van der Waals surface area (Å²) in [7, 11) is 0. The summed E-state index contributed by atoms with van der Waals surface area (Å²) in [5.74, 6) is 0. The molecule has 0 unspecified atom stereocenters. The molecule has 5 heteroatoms. The van der Waals surface area contributed by atoms with Crippen molar-refractivity contribution in [1.29, 1.82) is 0 Å². The van der Waals surface area contributed by atoms with Crippen molar-refractivity contribution in [2.24, 2.45) is 0 Å². The van der Waals surface area contributed by atoms with Crippen molar-refractivity contribution in [3.63, 3.8) is 0 Å². The summed E-state index contributed by atoms with van der Waals surface area (Å²) in [5, 5.41) is 7.96. The van der Waals surface area contributed by atoms with E-state index in [0.29, 0.717) is 6.04 Å². The van der Waals surface area contributed by atoms with Gasteiger partial charge in [0.2, 0.25) is 0 Å². The van der Waals surface area contributed by atoms with Crippen molar-refractivity contribution < 1.29 is 0 Å². The van der Waals surface area contributed by atoms with E-state index in [1.54, 1.807) is 0 Å². The van der Waals surface area contributed by atoms with Gasteiger partial charge in [-0.25, -0.2) is 4.68 Å². The van der Waals surface area contributed by atoms with Crippen LogP contribution in [-0.4, -0.2) is 15.8 Å². The standard InChI is InChI=1S/C14H17Br2N3/c1-9(2)17-8-11-4-5-19(18-11)14-12(15)6-10(3)7-13(14)16/h4-7,9,17H,8H2,1-3H3. The molecule has 0 saturated carbocycles. The highest BCUT2D eigenvalue weighted by atomic mass is 79.9. The maximum atomic E-state index is 4.60. The Balaban J connectivity index is 2.28. The minimum Gasteiger partial charge on any atom is -0.309 e. The third kappa shape index (κ3) is 3.68. The SMILES string of the molecule is Cc1cc(Br)c(-n2ccc(CNC(C)C)n2)c(Br)c1. The Bertz CT molecular complexity index is 553. The molecule has 0 aliphatic rings. The van der Waals surface area contributed by atoms with E-state index in [9.17, 15) is 0 Å². The molecular formula is C14H17Br2N3. The van der Waals surface area contributed by atoms with Crippen molar-refractivity contribution >= 4 is 31.9 Å². The molecule has 2 rings (SSSR count). The maximum Gasteiger partial charge on any atom is 0.0929 e. The van der Waals surface area contributed by atoms with Crippen molar-refractivity contribution in [3.05, 3.63) is 44.6 Å². The summed E-state index contributed by atoms with van der Waals surface area (Å²) in [5.41, 5.74) is 3.27. The molecule has 0 aliphatic heterocycles. The second-order valence-corrected chi connectivity index (χ2v) is 6.57. The summed E-state index contributed by atoms with van der Waals surface area (Å²) >= 11 is 7.20. The Kier molecular flexibility index (Phi) is 4.81. The van der Waals surface area contributed by atoms with E-state index in [-0.39, 0.29) is 0 Å². The van der Waals surface area contributed by atoms with Crippen LogP contribution in [0.1, 0.15) is 25.1 Å². The van der Waals surface area contributed by atoms with Crippen LogP contribution in [0.5, 0.6) is 0 Å². The van der Waals surface area contributed by atoms with Gasteiger partial charge in [0, 0.05) is 27.7 Å². The summed E-state index contributed by atoms with van der Waals surface area (Å²) in [6.45, 7) is 7.11. The number of aromatic nitrogens is 2. The van der Waals surface area contributed by atoms with Crippen LogP contribution < -0.4 is 5.32 Å². The lowest BCUT2D eigenvalue weighted by Crippen LogP contribution is -2.22. The largest absolute Gasteiger partial charge is 0.309 e. The van der Waals surface area contributed by atoms with Gasteiger partial charge in [0.05, 0.1) is 11.4 Å². The predicted octanol–water partition coefficient (Wildman–Crippen LogP) is 4.20. The molecule has 0 bridgehead atoms. The summed E-state index contributed by atoms with van der Waals surface area (Å²) in [4.78, 5) is 0. The first kappa shape index (κ1) is 14.8. The molecule has 19 heavy (non-hydrogen) atoms. The zero-order valence-corrected chi connectivity index (χ0v) is 14.4. The Morgan fingerprint density at radius 1 is 1.26 bits per heavy atom. The second kappa shape index (κ2) is 6.20. The molecule has 1 N–H and O–H groups in total. The molecule has 0 aliphatic carbocycles. The van der Waals surface area contributed by atoms with Gasteiger partial charge < -0.3 is 5.32 Å². The number of hydrogen-bond donors (Lipinski definition) is 1. The first-order chi connectivity index (χ1) is 8.97. The Hall–Kier alpha value is -0.650. The summed E-state index contributed by atoms with van der Waals surface area (Å²) in [6.07, 6.45) is 1.98. The van der Waals surface area contributed by atoms with E-state index in [1.165, 1.54) is 5.56 Å². The third-order valence-corrected chi connectivity index (χ3v) is 3.94. The Morgan fingerprint density at radius 2 is 1.89 bits per heavy atom. The van der Waals surface area contributed by atoms with E-state index >= 15 is 0 Å². The fourth-order valence-corrected chi connectivity index (χ4v) is 3.58. The quantitative estimate of drug-likeness (QED) is 0.853. The average molecular weight is 387 g/mol. The molecule has 102 valence electrons. The second-order valence-electron chi connectivity index (χ2n) is 4.86. The minimum absolute atomic E-state index is 0.461. The smallest absolute Gasteiger partial charge is 0.0929 e. The molecule has 0 saturated heterocycles. The van der Waals surface area contributed by atoms with Crippen LogP contribution in [0.15, 0.2) is 33.3 Å². The van der Waals surface area contributed by atoms with Gasteiger partial charge in [0.1, 0.15) is 0 Å². The van der Waals surface area contributed by atoms with Gasteiger partial charge in [-0.05, 0) is 62.5 Å². The van der Waals surface area contributed by atoms with Gasteiger partial charge in [-0.15, -0.1) is 0 Å². The number of halogens is 2. The van der Waals surface area contributed by atoms with Crippen LogP contribution in [-0.2, 0) is 6.54 Å². The third-order valence-electron chi connectivity index (χ3n) is 2.73. The van der Waals surface area contributed by atoms with Crippen LogP contribution >= 0.6 is 31.9 Å². The molecule has 0 atom stereocenters. The van der Waals surface area contributed by atoms with E-state index in [2.05, 4.69) is 75.2 Å². The fourth-order valence-electron chi connectivity index (χ4n) is 1.80. The molecule has 1 aromatic carbocycles. The van der Waals surface area contributed by atoms with Crippen LogP contribution in [0.25, 0.3) is 5.69 Å². The topological polar surface area (TPSA) is 29.9 Å². The van der Waals surface area contributed by atoms with Gasteiger partial charge in [-0.2, -0.15) is 5.10 Å². The molecule has 1 heterocycles. The molecule has 2 aromatic rings. The average Bonchev–Trinajstić information content (AvgIpc) is 2.73. The fraction of sp³-hybridized carbons (Fsp3) is 0.357. The van der Waals surface area contributed by atoms with E-state index in [1.807, 2.05) is 16.9 Å². The van der Waals surface area contributed by atoms with Gasteiger partial charge in [-0.1, -0.05) is 13.8 Å². The van der Waals surface area contributed by atoms with E-state index in [4.69, 9.17) is 0 Å². The van der Waals surface area contributed by atoms with Crippen molar-refractivity contribution in [2.75, 3.05) is 0 Å². The van der Waals surface area contributed by atoms with Crippen LogP contribution in [0.3, 0.4) is 0 Å². The lowest BCUT2D eigenvalue weighted by Gasteiger charge is -2.09. The zero-order valence-electron chi connectivity index (χ0n) is 11.2. The normalized spacial score (nSPS) is 11.3. The van der Waals surface area contributed by atoms with Gasteiger partial charge in [0.15, 0.2) is 0 Å². The number of hydrogen-bond acceptors (Lipinski definition) is 2. The molecule has 0 spiro atoms. The highest BCUT2D eigenvalue weighted by Crippen LogP contribution is 2.30. The molecule has 3 nitrogen and oxygen atoms in total. The maximum absolute atomic E-state index is 4.60. The van der Waals surface area contributed by atoms with E-state index in [0.717, 1.165) is 26.9 Å². The van der Waals surface area contributed by atoms with Crippen LogP contribution in [0, 0.1) is 6.92 Å². The van der Waals surface area contributed by atoms with Gasteiger partial charge >= 0.3 is 0 Å². The van der Waals surface area contributed by atoms with Gasteiger partial charge in [0.25, 0.3) is 0 Å². The zero-order chi connectivity index (χ0) is 14.0. The molecule has 0 amide bonds. The van der Waals surface area contributed by atoms with Crippen molar-refractivity contribution in [3.8, 4) is 5.69 Å². The van der Waals surface area contributed by atoms with Crippen LogP contribution in [0.4, 0.5) is 0 Å². The Morgan fingerprint density at radius 3 is 2.47 bits per heavy atom. The molecule has 0 fully saturated rings. The molecular weight excluding hydrogens is 370 g/mol. The predicted molar refractivity (Wildman–Crippen MR) is 85.7 cm³/mol. The number of nitrogens with zero attached hydrogens (tertiary/aromatic N) is 2. The first-order valence-electron chi connectivity index (χ1n) is 6.21. The van der Waals surface area contributed by atoms with Crippen LogP contribution in [0.2, 0.25) is 0 Å². The van der Waals surface area contributed by atoms with Crippen molar-refractivity contribution in [1.82, 2.24) is 15.1 Å². The Labute approximate surface area is 130 Å².